The lowest BCUT2D eigenvalue weighted by Gasteiger charge is -2.35. The molecule has 200 valence electrons. The molecule has 1 saturated heterocycles. The first-order valence-electron chi connectivity index (χ1n) is 13.5. The van der Waals surface area contributed by atoms with Gasteiger partial charge in [-0.25, -0.2) is 9.97 Å². The van der Waals surface area contributed by atoms with Gasteiger partial charge in [0.1, 0.15) is 0 Å². The van der Waals surface area contributed by atoms with Gasteiger partial charge in [0, 0.05) is 73.7 Å². The summed E-state index contributed by atoms with van der Waals surface area (Å²) >= 11 is 0. The Morgan fingerprint density at radius 1 is 0.897 bits per heavy atom. The number of unbranched alkanes of at least 4 members (excludes halogenated alkanes) is 1. The topological polar surface area (TPSA) is 90.5 Å². The number of anilines is 5. The van der Waals surface area contributed by atoms with Gasteiger partial charge in [0.15, 0.2) is 5.78 Å². The zero-order valence-electron chi connectivity index (χ0n) is 22.5. The quantitative estimate of drug-likeness (QED) is 0.255. The molecule has 2 N–H and O–H groups in total. The molecule has 5 rings (SSSR count). The highest BCUT2D eigenvalue weighted by molar-refractivity contribution is 5.97. The lowest BCUT2D eigenvalue weighted by atomic mass is 10.1. The van der Waals surface area contributed by atoms with Crippen LogP contribution in [0.2, 0.25) is 0 Å². The van der Waals surface area contributed by atoms with Crippen molar-refractivity contribution in [3.8, 4) is 0 Å². The molecule has 0 atom stereocenters. The van der Waals surface area contributed by atoms with E-state index in [9.17, 15) is 9.59 Å². The summed E-state index contributed by atoms with van der Waals surface area (Å²) in [5, 5.41) is 7.72. The zero-order valence-corrected chi connectivity index (χ0v) is 22.5. The molecule has 8 nitrogen and oxygen atoms in total. The molecular weight excluding hydrogens is 488 g/mol. The van der Waals surface area contributed by atoms with Crippen LogP contribution >= 0.6 is 0 Å². The number of hydrogen-bond acceptors (Lipinski definition) is 7. The second kappa shape index (κ2) is 11.9. The van der Waals surface area contributed by atoms with E-state index in [1.165, 1.54) is 0 Å². The summed E-state index contributed by atoms with van der Waals surface area (Å²) in [5.74, 6) is 0.813. The molecule has 0 saturated carbocycles. The van der Waals surface area contributed by atoms with Gasteiger partial charge in [0.25, 0.3) is 0 Å². The van der Waals surface area contributed by atoms with Gasteiger partial charge in [-0.3, -0.25) is 9.59 Å². The van der Waals surface area contributed by atoms with Gasteiger partial charge in [0.2, 0.25) is 11.9 Å². The Morgan fingerprint density at radius 2 is 1.67 bits per heavy atom. The second-order valence-electron chi connectivity index (χ2n) is 9.83. The van der Waals surface area contributed by atoms with Gasteiger partial charge in [0.05, 0.1) is 11.2 Å². The van der Waals surface area contributed by atoms with Gasteiger partial charge in [-0.05, 0) is 55.0 Å². The molecule has 0 aliphatic carbocycles. The highest BCUT2D eigenvalue weighted by Gasteiger charge is 2.19. The largest absolute Gasteiger partial charge is 0.368 e. The third-order valence-electron chi connectivity index (χ3n) is 7.05. The van der Waals surface area contributed by atoms with Crippen LogP contribution in [-0.4, -0.2) is 52.7 Å². The molecule has 1 fully saturated rings. The summed E-state index contributed by atoms with van der Waals surface area (Å²) in [6.07, 6.45) is 4.32. The van der Waals surface area contributed by atoms with Crippen LogP contribution in [0.5, 0.6) is 0 Å². The van der Waals surface area contributed by atoms with Crippen molar-refractivity contribution in [1.29, 1.82) is 0 Å². The SMILES string of the molecule is CCCCC(=O)c1ccc(Nc2cccc3cnc(Nc4cccc(N5CCN(C(C)=O)CC5)c4)nc23)cc1. The summed E-state index contributed by atoms with van der Waals surface area (Å²) in [6.45, 7) is 6.78. The van der Waals surface area contributed by atoms with Gasteiger partial charge < -0.3 is 20.4 Å². The van der Waals surface area contributed by atoms with E-state index >= 15 is 0 Å². The van der Waals surface area contributed by atoms with Crippen LogP contribution in [0.15, 0.2) is 72.9 Å². The van der Waals surface area contributed by atoms with Crippen molar-refractivity contribution in [2.24, 2.45) is 0 Å². The van der Waals surface area contributed by atoms with E-state index in [1.54, 1.807) is 6.92 Å². The Hall–Kier alpha value is -4.46. The molecule has 0 spiro atoms. The number of Topliss-reactive ketones (excluding diaryl/α,β-unsaturated/α-hetero) is 1. The maximum Gasteiger partial charge on any atom is 0.227 e. The minimum Gasteiger partial charge on any atom is -0.368 e. The highest BCUT2D eigenvalue weighted by Crippen LogP contribution is 2.28. The Balaban J connectivity index is 1.31. The van der Waals surface area contributed by atoms with Gasteiger partial charge in [-0.1, -0.05) is 31.5 Å². The first-order chi connectivity index (χ1) is 19.0. The van der Waals surface area contributed by atoms with E-state index in [1.807, 2.05) is 65.7 Å². The molecule has 8 heteroatoms. The van der Waals surface area contributed by atoms with Gasteiger partial charge in [-0.2, -0.15) is 0 Å². The molecule has 1 aromatic heterocycles. The molecule has 39 heavy (non-hydrogen) atoms. The van der Waals surface area contributed by atoms with Gasteiger partial charge in [-0.15, -0.1) is 0 Å². The van der Waals surface area contributed by atoms with E-state index in [0.717, 1.165) is 78.2 Å². The van der Waals surface area contributed by atoms with Crippen molar-refractivity contribution in [2.75, 3.05) is 41.7 Å². The third-order valence-corrected chi connectivity index (χ3v) is 7.05. The van der Waals surface area contributed by atoms with Crippen molar-refractivity contribution in [3.63, 3.8) is 0 Å². The Kier molecular flexibility index (Phi) is 8.01. The van der Waals surface area contributed by atoms with Crippen LogP contribution in [0, 0.1) is 0 Å². The molecule has 0 unspecified atom stereocenters. The summed E-state index contributed by atoms with van der Waals surface area (Å²) in [7, 11) is 0. The van der Waals surface area contributed by atoms with Crippen molar-refractivity contribution in [2.45, 2.75) is 33.1 Å². The smallest absolute Gasteiger partial charge is 0.227 e. The fraction of sp³-hybridized carbons (Fsp3) is 0.290. The average Bonchev–Trinajstić information content (AvgIpc) is 2.97. The number of piperazine rings is 1. The number of nitrogens with one attached hydrogen (secondary N) is 2. The summed E-state index contributed by atoms with van der Waals surface area (Å²) < 4.78 is 0. The molecule has 2 heterocycles. The van der Waals surface area contributed by atoms with Crippen LogP contribution in [0.3, 0.4) is 0 Å². The monoisotopic (exact) mass is 522 g/mol. The number of fused-ring (bicyclic) bond motifs is 1. The molecule has 3 aromatic carbocycles. The normalized spacial score (nSPS) is 13.4. The number of amides is 1. The first kappa shape index (κ1) is 26.2. The van der Waals surface area contributed by atoms with Crippen molar-refractivity contribution >= 4 is 51.3 Å². The summed E-state index contributed by atoms with van der Waals surface area (Å²) in [6, 6.07) is 21.7. The Bertz CT molecular complexity index is 1460. The molecule has 1 amide bonds. The maximum atomic E-state index is 12.3. The number of carbonyl (C=O) groups excluding carboxylic acids is 2. The van der Waals surface area contributed by atoms with Crippen LogP contribution in [0.1, 0.15) is 43.5 Å². The predicted molar refractivity (Wildman–Crippen MR) is 157 cm³/mol. The lowest BCUT2D eigenvalue weighted by Crippen LogP contribution is -2.48. The number of benzene rings is 3. The number of aromatic nitrogens is 2. The van der Waals surface area contributed by atoms with E-state index < -0.39 is 0 Å². The minimum absolute atomic E-state index is 0.127. The summed E-state index contributed by atoms with van der Waals surface area (Å²) in [4.78, 5) is 37.5. The van der Waals surface area contributed by atoms with E-state index in [-0.39, 0.29) is 11.7 Å². The molecule has 1 aliphatic heterocycles. The fourth-order valence-electron chi connectivity index (χ4n) is 4.78. The molecular formula is C31H34N6O2. The van der Waals surface area contributed by atoms with Crippen LogP contribution in [0.25, 0.3) is 10.9 Å². The standard InChI is InChI=1S/C31H34N6O2/c1-3-4-11-29(39)23-12-14-25(15-13-23)33-28-10-5-7-24-21-32-31(35-30(24)28)34-26-8-6-9-27(20-26)37-18-16-36(17-19-37)22(2)38/h5-10,12-15,20-21,33H,3-4,11,16-19H2,1-2H3,(H,32,34,35). The number of hydrogen-bond donors (Lipinski definition) is 2. The maximum absolute atomic E-state index is 12.3. The van der Waals surface area contributed by atoms with Crippen molar-refractivity contribution in [1.82, 2.24) is 14.9 Å². The fourth-order valence-corrected chi connectivity index (χ4v) is 4.78. The number of carbonyl (C=O) groups is 2. The number of para-hydroxylation sites is 1. The molecule has 1 aliphatic rings. The minimum atomic E-state index is 0.127. The lowest BCUT2D eigenvalue weighted by molar-refractivity contribution is -0.129. The zero-order chi connectivity index (χ0) is 27.2. The second-order valence-corrected chi connectivity index (χ2v) is 9.83. The van der Waals surface area contributed by atoms with Crippen LogP contribution < -0.4 is 15.5 Å². The van der Waals surface area contributed by atoms with Crippen LogP contribution in [-0.2, 0) is 4.79 Å². The van der Waals surface area contributed by atoms with E-state index in [2.05, 4.69) is 39.6 Å². The molecule has 0 radical (unpaired) electrons. The molecule has 4 aromatic rings. The number of rotatable bonds is 9. The van der Waals surface area contributed by atoms with Crippen molar-refractivity contribution < 1.29 is 9.59 Å². The summed E-state index contributed by atoms with van der Waals surface area (Å²) in [5.41, 5.74) is 5.29. The van der Waals surface area contributed by atoms with E-state index in [0.29, 0.717) is 12.4 Å². The first-order valence-corrected chi connectivity index (χ1v) is 13.5. The average molecular weight is 523 g/mol. The Morgan fingerprint density at radius 3 is 2.41 bits per heavy atom. The molecule has 0 bridgehead atoms. The number of nitrogens with zero attached hydrogens (tertiary/aromatic N) is 4. The number of ketones is 1. The van der Waals surface area contributed by atoms with Crippen LogP contribution in [0.4, 0.5) is 28.7 Å². The van der Waals surface area contributed by atoms with Gasteiger partial charge >= 0.3 is 0 Å². The van der Waals surface area contributed by atoms with Crippen molar-refractivity contribution in [3.05, 3.63) is 78.5 Å². The Labute approximate surface area is 229 Å². The van der Waals surface area contributed by atoms with E-state index in [4.69, 9.17) is 4.98 Å². The predicted octanol–water partition coefficient (Wildman–Crippen LogP) is 6.16. The highest BCUT2D eigenvalue weighted by atomic mass is 16.2. The third kappa shape index (κ3) is 6.34.